The zero-order chi connectivity index (χ0) is 22.1. The molecular formula is C29H52N2. The number of hydrogen-bond donors (Lipinski definition) is 1. The Bertz CT molecular complexity index is 484. The molecule has 0 unspecified atom stereocenters. The van der Waals surface area contributed by atoms with Crippen LogP contribution in [0.15, 0.2) is 0 Å². The van der Waals surface area contributed by atoms with Crippen molar-refractivity contribution in [2.75, 3.05) is 32.7 Å². The molecule has 0 amide bonds. The summed E-state index contributed by atoms with van der Waals surface area (Å²) in [6.45, 7) is 8.42. The van der Waals surface area contributed by atoms with Gasteiger partial charge in [-0.2, -0.15) is 0 Å². The van der Waals surface area contributed by atoms with Gasteiger partial charge in [0.2, 0.25) is 0 Å². The minimum atomic E-state index is 1.02. The lowest BCUT2D eigenvalue weighted by atomic mass is 10.1. The van der Waals surface area contributed by atoms with Crippen LogP contribution in [0.4, 0.5) is 0 Å². The van der Waals surface area contributed by atoms with Crippen molar-refractivity contribution in [3.05, 3.63) is 0 Å². The van der Waals surface area contributed by atoms with Gasteiger partial charge in [-0.1, -0.05) is 109 Å². The van der Waals surface area contributed by atoms with Gasteiger partial charge in [-0.3, -0.25) is 0 Å². The number of piperazine rings is 1. The van der Waals surface area contributed by atoms with E-state index in [2.05, 4.69) is 40.8 Å². The molecule has 0 aromatic carbocycles. The van der Waals surface area contributed by atoms with Gasteiger partial charge in [-0.25, -0.2) is 0 Å². The van der Waals surface area contributed by atoms with Crippen molar-refractivity contribution in [3.63, 3.8) is 0 Å². The first-order chi connectivity index (χ1) is 15.4. The summed E-state index contributed by atoms with van der Waals surface area (Å²) in [4.78, 5) is 2.61. The summed E-state index contributed by atoms with van der Waals surface area (Å²) in [5.74, 6) is 12.6. The molecule has 31 heavy (non-hydrogen) atoms. The monoisotopic (exact) mass is 428 g/mol. The van der Waals surface area contributed by atoms with Gasteiger partial charge in [-0.15, -0.1) is 0 Å². The Morgan fingerprint density at radius 1 is 0.548 bits per heavy atom. The SMILES string of the molecule is CCCCCCCCCCCCC#CC#CCCCCCCCCCN1CCNCC1. The molecule has 2 nitrogen and oxygen atoms in total. The lowest BCUT2D eigenvalue weighted by Gasteiger charge is -2.27. The zero-order valence-corrected chi connectivity index (χ0v) is 20.9. The summed E-state index contributed by atoms with van der Waals surface area (Å²) in [5, 5.41) is 3.42. The van der Waals surface area contributed by atoms with Crippen molar-refractivity contribution in [2.24, 2.45) is 0 Å². The molecule has 0 aromatic heterocycles. The quantitative estimate of drug-likeness (QED) is 0.171. The average Bonchev–Trinajstić information content (AvgIpc) is 2.80. The van der Waals surface area contributed by atoms with Crippen LogP contribution < -0.4 is 5.32 Å². The number of unbranched alkanes of at least 4 members (excludes halogenated alkanes) is 17. The molecule has 1 N–H and O–H groups in total. The third-order valence-electron chi connectivity index (χ3n) is 6.38. The minimum Gasteiger partial charge on any atom is -0.314 e. The van der Waals surface area contributed by atoms with E-state index in [1.807, 2.05) is 0 Å². The van der Waals surface area contributed by atoms with Crippen LogP contribution in [0.5, 0.6) is 0 Å². The molecule has 178 valence electrons. The van der Waals surface area contributed by atoms with Crippen molar-refractivity contribution < 1.29 is 0 Å². The van der Waals surface area contributed by atoms with Crippen molar-refractivity contribution in [3.8, 4) is 23.7 Å². The molecule has 1 saturated heterocycles. The first kappa shape index (κ1) is 28.1. The van der Waals surface area contributed by atoms with Gasteiger partial charge >= 0.3 is 0 Å². The second kappa shape index (κ2) is 23.7. The number of hydrogen-bond acceptors (Lipinski definition) is 2. The third-order valence-corrected chi connectivity index (χ3v) is 6.38. The number of nitrogens with zero attached hydrogens (tertiary/aromatic N) is 1. The Kier molecular flexibility index (Phi) is 21.5. The third kappa shape index (κ3) is 20.7. The van der Waals surface area contributed by atoms with Crippen molar-refractivity contribution in [2.45, 2.75) is 129 Å². The largest absolute Gasteiger partial charge is 0.314 e. The highest BCUT2D eigenvalue weighted by Gasteiger charge is 2.07. The van der Waals surface area contributed by atoms with Crippen LogP contribution in [-0.2, 0) is 0 Å². The van der Waals surface area contributed by atoms with E-state index < -0.39 is 0 Å². The first-order valence-corrected chi connectivity index (χ1v) is 13.8. The fourth-order valence-electron chi connectivity index (χ4n) is 4.28. The van der Waals surface area contributed by atoms with Crippen LogP contribution in [0.3, 0.4) is 0 Å². The van der Waals surface area contributed by atoms with Gasteiger partial charge in [0, 0.05) is 39.0 Å². The average molecular weight is 429 g/mol. The van der Waals surface area contributed by atoms with E-state index in [0.29, 0.717) is 0 Å². The summed E-state index contributed by atoms with van der Waals surface area (Å²) in [5.41, 5.74) is 0. The Morgan fingerprint density at radius 3 is 1.45 bits per heavy atom. The first-order valence-electron chi connectivity index (χ1n) is 13.8. The van der Waals surface area contributed by atoms with Crippen LogP contribution in [0.1, 0.15) is 129 Å². The van der Waals surface area contributed by atoms with Crippen molar-refractivity contribution in [1.29, 1.82) is 0 Å². The van der Waals surface area contributed by atoms with E-state index >= 15 is 0 Å². The molecule has 0 aliphatic carbocycles. The van der Waals surface area contributed by atoms with Crippen LogP contribution in [0.2, 0.25) is 0 Å². The minimum absolute atomic E-state index is 1.02. The smallest absolute Gasteiger partial charge is 0.0107 e. The lowest BCUT2D eigenvalue weighted by molar-refractivity contribution is 0.236. The molecule has 1 heterocycles. The molecule has 2 heteroatoms. The lowest BCUT2D eigenvalue weighted by Crippen LogP contribution is -2.43. The van der Waals surface area contributed by atoms with Gasteiger partial charge < -0.3 is 10.2 Å². The molecule has 0 atom stereocenters. The predicted octanol–water partition coefficient (Wildman–Crippen LogP) is 7.33. The molecule has 1 aliphatic heterocycles. The Morgan fingerprint density at radius 2 is 0.968 bits per heavy atom. The second-order valence-electron chi connectivity index (χ2n) is 9.35. The van der Waals surface area contributed by atoms with Gasteiger partial charge in [0.1, 0.15) is 0 Å². The number of nitrogens with one attached hydrogen (secondary N) is 1. The predicted molar refractivity (Wildman–Crippen MR) is 138 cm³/mol. The van der Waals surface area contributed by atoms with E-state index in [-0.39, 0.29) is 0 Å². The second-order valence-corrected chi connectivity index (χ2v) is 9.35. The highest BCUT2D eigenvalue weighted by Crippen LogP contribution is 2.11. The molecule has 0 aromatic rings. The van der Waals surface area contributed by atoms with Crippen LogP contribution in [0, 0.1) is 23.7 Å². The maximum atomic E-state index is 3.42. The molecule has 1 rings (SSSR count). The van der Waals surface area contributed by atoms with Crippen LogP contribution in [0.25, 0.3) is 0 Å². The standard InChI is InChI=1S/C29H52N2/c1-2-3-4-5-6-7-8-9-10-11-12-13-14-15-16-17-18-19-20-21-22-23-24-27-31-28-25-30-26-29-31/h30H,2-12,17-29H2,1H3. The van der Waals surface area contributed by atoms with Gasteiger partial charge in [0.05, 0.1) is 0 Å². The Hall–Kier alpha value is -0.960. The van der Waals surface area contributed by atoms with E-state index in [1.165, 1.54) is 142 Å². The topological polar surface area (TPSA) is 15.3 Å². The van der Waals surface area contributed by atoms with Crippen molar-refractivity contribution in [1.82, 2.24) is 10.2 Å². The molecule has 0 radical (unpaired) electrons. The van der Waals surface area contributed by atoms with Crippen LogP contribution in [-0.4, -0.2) is 37.6 Å². The maximum Gasteiger partial charge on any atom is 0.0107 e. The molecule has 0 bridgehead atoms. The summed E-state index contributed by atoms with van der Waals surface area (Å²) < 4.78 is 0. The molecule has 1 aliphatic rings. The Balaban J connectivity index is 1.75. The Labute approximate surface area is 195 Å². The van der Waals surface area contributed by atoms with E-state index in [4.69, 9.17) is 0 Å². The van der Waals surface area contributed by atoms with E-state index in [1.54, 1.807) is 0 Å². The summed E-state index contributed by atoms with van der Waals surface area (Å²) in [6, 6.07) is 0. The fraction of sp³-hybridized carbons (Fsp3) is 0.862. The summed E-state index contributed by atoms with van der Waals surface area (Å²) in [6.07, 6.45) is 25.5. The number of rotatable bonds is 19. The van der Waals surface area contributed by atoms with E-state index in [0.717, 1.165) is 12.8 Å². The highest BCUT2D eigenvalue weighted by atomic mass is 15.2. The molecule has 0 spiro atoms. The molecular weight excluding hydrogens is 376 g/mol. The van der Waals surface area contributed by atoms with E-state index in [9.17, 15) is 0 Å². The van der Waals surface area contributed by atoms with Gasteiger partial charge in [0.25, 0.3) is 0 Å². The fourth-order valence-corrected chi connectivity index (χ4v) is 4.28. The van der Waals surface area contributed by atoms with Crippen molar-refractivity contribution >= 4 is 0 Å². The highest BCUT2D eigenvalue weighted by molar-refractivity contribution is 5.25. The maximum absolute atomic E-state index is 3.42. The molecule has 1 fully saturated rings. The summed E-state index contributed by atoms with van der Waals surface area (Å²) >= 11 is 0. The summed E-state index contributed by atoms with van der Waals surface area (Å²) in [7, 11) is 0. The zero-order valence-electron chi connectivity index (χ0n) is 20.9. The van der Waals surface area contributed by atoms with Gasteiger partial charge in [-0.05, 0) is 37.6 Å². The molecule has 0 saturated carbocycles. The normalized spacial score (nSPS) is 14.0. The van der Waals surface area contributed by atoms with Crippen LogP contribution >= 0.6 is 0 Å². The van der Waals surface area contributed by atoms with Gasteiger partial charge in [0.15, 0.2) is 0 Å².